The van der Waals surface area contributed by atoms with E-state index in [0.717, 1.165) is 30.2 Å². The lowest BCUT2D eigenvalue weighted by atomic mass is 10.1. The van der Waals surface area contributed by atoms with Crippen molar-refractivity contribution in [1.82, 2.24) is 5.32 Å². The molecule has 0 unspecified atom stereocenters. The fourth-order valence-corrected chi connectivity index (χ4v) is 1.98. The first-order valence-corrected chi connectivity index (χ1v) is 6.54. The van der Waals surface area contributed by atoms with E-state index in [-0.39, 0.29) is 18.2 Å². The topological polar surface area (TPSA) is 12.0 Å². The van der Waals surface area contributed by atoms with Gasteiger partial charge in [-0.3, -0.25) is 0 Å². The molecule has 0 bridgehead atoms. The molecule has 0 aliphatic rings. The van der Waals surface area contributed by atoms with Gasteiger partial charge in [-0.15, -0.1) is 19.0 Å². The number of hydrogen-bond acceptors (Lipinski definition) is 2. The molecule has 0 aliphatic carbocycles. The molecule has 4 heteroatoms. The van der Waals surface area contributed by atoms with Crippen LogP contribution in [0.1, 0.15) is 11.1 Å². The Morgan fingerprint density at radius 1 is 1.47 bits per heavy atom. The lowest BCUT2D eigenvalue weighted by molar-refractivity contribution is 0.616. The first-order chi connectivity index (χ1) is 7.74. The third-order valence-electron chi connectivity index (χ3n) is 2.21. The van der Waals surface area contributed by atoms with Crippen LogP contribution in [-0.4, -0.2) is 18.1 Å². The van der Waals surface area contributed by atoms with E-state index in [1.165, 1.54) is 6.07 Å². The minimum absolute atomic E-state index is 0. The lowest BCUT2D eigenvalue weighted by Gasteiger charge is -2.05. The van der Waals surface area contributed by atoms with Crippen molar-refractivity contribution in [3.05, 3.63) is 47.8 Å². The van der Waals surface area contributed by atoms with Gasteiger partial charge in [0.1, 0.15) is 5.82 Å². The molecule has 96 valence electrons. The molecular formula is C13H19ClFNS. The molecule has 0 saturated carbocycles. The predicted octanol–water partition coefficient (Wildman–Crippen LogP) is 3.56. The monoisotopic (exact) mass is 275 g/mol. The third-order valence-corrected chi connectivity index (χ3v) is 3.17. The highest BCUT2D eigenvalue weighted by Gasteiger charge is 1.98. The highest BCUT2D eigenvalue weighted by atomic mass is 35.5. The van der Waals surface area contributed by atoms with Crippen molar-refractivity contribution in [1.29, 1.82) is 0 Å². The van der Waals surface area contributed by atoms with Crippen molar-refractivity contribution in [2.45, 2.75) is 13.5 Å². The summed E-state index contributed by atoms with van der Waals surface area (Å²) >= 11 is 1.85. The molecule has 1 aromatic rings. The van der Waals surface area contributed by atoms with E-state index < -0.39 is 0 Å². The van der Waals surface area contributed by atoms with Gasteiger partial charge < -0.3 is 5.32 Å². The van der Waals surface area contributed by atoms with Gasteiger partial charge in [-0.05, 0) is 24.1 Å². The van der Waals surface area contributed by atoms with E-state index in [0.29, 0.717) is 5.56 Å². The minimum Gasteiger partial charge on any atom is -0.312 e. The highest BCUT2D eigenvalue weighted by molar-refractivity contribution is 7.99. The van der Waals surface area contributed by atoms with Crippen LogP contribution in [0, 0.1) is 12.7 Å². The Kier molecular flexibility index (Phi) is 9.23. The molecule has 1 aromatic carbocycles. The van der Waals surface area contributed by atoms with Crippen LogP contribution in [0.4, 0.5) is 4.39 Å². The maximum Gasteiger partial charge on any atom is 0.126 e. The molecule has 1 rings (SSSR count). The number of halogens is 2. The first kappa shape index (κ1) is 16.5. The van der Waals surface area contributed by atoms with Crippen molar-refractivity contribution in [2.75, 3.05) is 18.1 Å². The molecule has 0 aromatic heterocycles. The molecule has 0 saturated heterocycles. The lowest BCUT2D eigenvalue weighted by Crippen LogP contribution is -2.16. The Morgan fingerprint density at radius 3 is 2.88 bits per heavy atom. The van der Waals surface area contributed by atoms with Crippen LogP contribution in [0.3, 0.4) is 0 Å². The molecule has 1 nitrogen and oxygen atoms in total. The molecule has 0 aliphatic heterocycles. The largest absolute Gasteiger partial charge is 0.312 e. The molecule has 1 N–H and O–H groups in total. The van der Waals surface area contributed by atoms with Crippen molar-refractivity contribution >= 4 is 24.2 Å². The van der Waals surface area contributed by atoms with Crippen LogP contribution in [0.15, 0.2) is 30.9 Å². The van der Waals surface area contributed by atoms with Crippen LogP contribution < -0.4 is 5.32 Å². The molecule has 0 spiro atoms. The summed E-state index contributed by atoms with van der Waals surface area (Å²) in [5, 5.41) is 3.33. The SMILES string of the molecule is C=CCSCCNCc1ccc(F)c(C)c1.Cl. The third kappa shape index (κ3) is 6.71. The Labute approximate surface area is 113 Å². The highest BCUT2D eigenvalue weighted by Crippen LogP contribution is 2.08. The Hall–Kier alpha value is -0.510. The summed E-state index contributed by atoms with van der Waals surface area (Å²) in [6, 6.07) is 5.24. The van der Waals surface area contributed by atoms with E-state index in [1.807, 2.05) is 30.0 Å². The van der Waals surface area contributed by atoms with E-state index in [2.05, 4.69) is 11.9 Å². The number of benzene rings is 1. The van der Waals surface area contributed by atoms with Crippen LogP contribution in [-0.2, 0) is 6.54 Å². The zero-order chi connectivity index (χ0) is 11.8. The van der Waals surface area contributed by atoms with Gasteiger partial charge in [0, 0.05) is 24.6 Å². The smallest absolute Gasteiger partial charge is 0.126 e. The van der Waals surface area contributed by atoms with Crippen molar-refractivity contribution in [3.8, 4) is 0 Å². The molecule has 0 amide bonds. The second-order valence-electron chi connectivity index (χ2n) is 3.62. The fraction of sp³-hybridized carbons (Fsp3) is 0.385. The van der Waals surface area contributed by atoms with E-state index in [9.17, 15) is 4.39 Å². The number of aryl methyl sites for hydroxylation is 1. The zero-order valence-electron chi connectivity index (χ0n) is 10.0. The summed E-state index contributed by atoms with van der Waals surface area (Å²) in [6.07, 6.45) is 1.91. The summed E-state index contributed by atoms with van der Waals surface area (Å²) < 4.78 is 13.0. The average molecular weight is 276 g/mol. The Bertz CT molecular complexity index is 344. The summed E-state index contributed by atoms with van der Waals surface area (Å²) in [6.45, 7) is 7.23. The second-order valence-corrected chi connectivity index (χ2v) is 4.77. The number of nitrogens with one attached hydrogen (secondary N) is 1. The second kappa shape index (κ2) is 9.51. The van der Waals surface area contributed by atoms with Crippen LogP contribution in [0.2, 0.25) is 0 Å². The van der Waals surface area contributed by atoms with E-state index in [4.69, 9.17) is 0 Å². The Morgan fingerprint density at radius 2 is 2.24 bits per heavy atom. The van der Waals surface area contributed by atoms with Gasteiger partial charge >= 0.3 is 0 Å². The molecule has 0 atom stereocenters. The van der Waals surface area contributed by atoms with Gasteiger partial charge in [0.05, 0.1) is 0 Å². The standard InChI is InChI=1S/C13H18FNS.ClH/c1-3-7-16-8-6-15-10-12-4-5-13(14)11(2)9-12;/h3-5,9,15H,1,6-8,10H2,2H3;1H. The summed E-state index contributed by atoms with van der Waals surface area (Å²) in [5.74, 6) is 1.94. The van der Waals surface area contributed by atoms with E-state index in [1.54, 1.807) is 6.92 Å². The Balaban J connectivity index is 0.00000256. The van der Waals surface area contributed by atoms with Gasteiger partial charge in [-0.25, -0.2) is 4.39 Å². The van der Waals surface area contributed by atoms with Gasteiger partial charge in [-0.1, -0.05) is 18.2 Å². The van der Waals surface area contributed by atoms with Crippen LogP contribution in [0.5, 0.6) is 0 Å². The van der Waals surface area contributed by atoms with Gasteiger partial charge in [0.25, 0.3) is 0 Å². The first-order valence-electron chi connectivity index (χ1n) is 5.38. The number of rotatable bonds is 7. The van der Waals surface area contributed by atoms with Crippen LogP contribution in [0.25, 0.3) is 0 Å². The molecule has 0 heterocycles. The van der Waals surface area contributed by atoms with Gasteiger partial charge in [0.15, 0.2) is 0 Å². The van der Waals surface area contributed by atoms with Gasteiger partial charge in [0.2, 0.25) is 0 Å². The van der Waals surface area contributed by atoms with Crippen molar-refractivity contribution in [2.24, 2.45) is 0 Å². The maximum absolute atomic E-state index is 13.0. The fourth-order valence-electron chi connectivity index (χ4n) is 1.36. The zero-order valence-corrected chi connectivity index (χ0v) is 11.7. The van der Waals surface area contributed by atoms with Gasteiger partial charge in [-0.2, -0.15) is 11.8 Å². The molecular weight excluding hydrogens is 257 g/mol. The quantitative estimate of drug-likeness (QED) is 0.603. The van der Waals surface area contributed by atoms with Crippen LogP contribution >= 0.6 is 24.2 Å². The van der Waals surface area contributed by atoms with Crippen molar-refractivity contribution in [3.63, 3.8) is 0 Å². The summed E-state index contributed by atoms with van der Waals surface area (Å²) in [4.78, 5) is 0. The summed E-state index contributed by atoms with van der Waals surface area (Å²) in [5.41, 5.74) is 1.84. The summed E-state index contributed by atoms with van der Waals surface area (Å²) in [7, 11) is 0. The predicted molar refractivity (Wildman–Crippen MR) is 77.6 cm³/mol. The maximum atomic E-state index is 13.0. The van der Waals surface area contributed by atoms with Crippen molar-refractivity contribution < 1.29 is 4.39 Å². The average Bonchev–Trinajstić information content (AvgIpc) is 2.28. The molecule has 0 radical (unpaired) electrons. The minimum atomic E-state index is -0.134. The van der Waals surface area contributed by atoms with E-state index >= 15 is 0 Å². The number of thioether (sulfide) groups is 1. The molecule has 0 fully saturated rings. The number of hydrogen-bond donors (Lipinski definition) is 1. The molecule has 17 heavy (non-hydrogen) atoms. The normalized spacial score (nSPS) is 9.76.